The number of para-hydroxylation sites is 1. The topological polar surface area (TPSA) is 41.6 Å². The van der Waals surface area contributed by atoms with Crippen LogP contribution in [-0.2, 0) is 4.79 Å². The van der Waals surface area contributed by atoms with Crippen molar-refractivity contribution >= 4 is 5.91 Å². The van der Waals surface area contributed by atoms with Crippen molar-refractivity contribution in [1.82, 2.24) is 10.2 Å². The molecule has 4 atom stereocenters. The molecule has 1 aromatic carbocycles. The molecule has 2 saturated heterocycles. The first-order valence-corrected chi connectivity index (χ1v) is 9.01. The molecular formula is C19H25FN2O2. The number of rotatable bonds is 3. The van der Waals surface area contributed by atoms with Crippen molar-refractivity contribution in [3.63, 3.8) is 0 Å². The molecule has 1 amide bonds. The summed E-state index contributed by atoms with van der Waals surface area (Å²) in [7, 11) is 0. The summed E-state index contributed by atoms with van der Waals surface area (Å²) < 4.78 is 19.1. The van der Waals surface area contributed by atoms with E-state index in [9.17, 15) is 9.18 Å². The Kier molecular flexibility index (Phi) is 3.99. The number of hydrogen-bond acceptors (Lipinski definition) is 3. The molecule has 130 valence electrons. The molecule has 0 spiro atoms. The number of carbonyl (C=O) groups is 1. The third kappa shape index (κ3) is 2.59. The lowest BCUT2D eigenvalue weighted by Crippen LogP contribution is -2.56. The molecule has 1 saturated carbocycles. The predicted molar refractivity (Wildman–Crippen MR) is 89.3 cm³/mol. The van der Waals surface area contributed by atoms with E-state index in [0.29, 0.717) is 12.1 Å². The van der Waals surface area contributed by atoms with Gasteiger partial charge in [0.1, 0.15) is 0 Å². The normalized spacial score (nSPS) is 34.8. The van der Waals surface area contributed by atoms with Crippen molar-refractivity contribution < 1.29 is 13.9 Å². The number of ether oxygens (including phenoxy) is 1. The van der Waals surface area contributed by atoms with Gasteiger partial charge in [0.2, 0.25) is 0 Å². The zero-order valence-corrected chi connectivity index (χ0v) is 14.1. The number of likely N-dealkylation sites (tertiary alicyclic amines) is 1. The number of halogens is 1. The van der Waals surface area contributed by atoms with Crippen LogP contribution in [0.1, 0.15) is 39.0 Å². The number of hydrogen-bond donors (Lipinski definition) is 1. The molecule has 5 heteroatoms. The van der Waals surface area contributed by atoms with Crippen molar-refractivity contribution in [1.29, 1.82) is 0 Å². The van der Waals surface area contributed by atoms with Gasteiger partial charge in [0.15, 0.2) is 18.2 Å². The van der Waals surface area contributed by atoms with Crippen LogP contribution in [0.25, 0.3) is 0 Å². The molecule has 0 unspecified atom stereocenters. The van der Waals surface area contributed by atoms with Gasteiger partial charge in [-0.1, -0.05) is 31.9 Å². The minimum absolute atomic E-state index is 0.0245. The van der Waals surface area contributed by atoms with Crippen LogP contribution < -0.4 is 10.1 Å². The van der Waals surface area contributed by atoms with Crippen LogP contribution >= 0.6 is 0 Å². The highest BCUT2D eigenvalue weighted by Crippen LogP contribution is 2.48. The van der Waals surface area contributed by atoms with Crippen LogP contribution in [0.3, 0.4) is 0 Å². The molecule has 1 aromatic rings. The molecule has 2 heterocycles. The fourth-order valence-corrected chi connectivity index (χ4v) is 5.06. The van der Waals surface area contributed by atoms with Crippen LogP contribution in [0.2, 0.25) is 0 Å². The molecule has 24 heavy (non-hydrogen) atoms. The summed E-state index contributed by atoms with van der Waals surface area (Å²) >= 11 is 0. The fraction of sp³-hybridized carbons (Fsp3) is 0.632. The van der Waals surface area contributed by atoms with Crippen LogP contribution in [0, 0.1) is 11.2 Å². The van der Waals surface area contributed by atoms with Crippen LogP contribution in [0.15, 0.2) is 24.3 Å². The number of nitrogens with zero attached hydrogens (tertiary/aromatic N) is 1. The van der Waals surface area contributed by atoms with E-state index in [1.165, 1.54) is 25.3 Å². The highest BCUT2D eigenvalue weighted by Gasteiger charge is 2.55. The third-order valence-electron chi connectivity index (χ3n) is 6.20. The lowest BCUT2D eigenvalue weighted by Gasteiger charge is -2.46. The van der Waals surface area contributed by atoms with Gasteiger partial charge in [0.05, 0.1) is 0 Å². The second-order valence-electron chi connectivity index (χ2n) is 7.69. The van der Waals surface area contributed by atoms with Gasteiger partial charge in [0, 0.05) is 30.1 Å². The Hall–Kier alpha value is -1.62. The van der Waals surface area contributed by atoms with Crippen molar-refractivity contribution in [3.8, 4) is 5.75 Å². The maximum Gasteiger partial charge on any atom is 0.260 e. The predicted octanol–water partition coefficient (Wildman–Crippen LogP) is 2.73. The summed E-state index contributed by atoms with van der Waals surface area (Å²) in [6.45, 7) is 2.99. The van der Waals surface area contributed by atoms with E-state index >= 15 is 0 Å². The summed E-state index contributed by atoms with van der Waals surface area (Å²) in [5.41, 5.74) is 0.160. The number of piperidine rings is 1. The van der Waals surface area contributed by atoms with Gasteiger partial charge >= 0.3 is 0 Å². The smallest absolute Gasteiger partial charge is 0.260 e. The standard InChI is InChI=1S/C19H25FN2O2/c1-19-10-13-11-22(17(19)9-5-4-8-16(19)21-13)18(23)12-24-15-7-3-2-6-14(15)20/h2-3,6-7,13,16-17,21H,4-5,8-12H2,1H3/t13-,16-,17+,19-/m0/s1. The Balaban J connectivity index is 1.49. The Labute approximate surface area is 142 Å². The third-order valence-corrected chi connectivity index (χ3v) is 6.20. The molecule has 2 bridgehead atoms. The highest BCUT2D eigenvalue weighted by molar-refractivity contribution is 5.78. The molecule has 1 aliphatic carbocycles. The minimum Gasteiger partial charge on any atom is -0.481 e. The molecule has 1 N–H and O–H groups in total. The minimum atomic E-state index is -0.424. The van der Waals surface area contributed by atoms with Gasteiger partial charge in [-0.3, -0.25) is 4.79 Å². The molecule has 0 radical (unpaired) electrons. The Bertz CT molecular complexity index is 638. The average Bonchev–Trinajstić information content (AvgIpc) is 2.73. The van der Waals surface area contributed by atoms with Crippen LogP contribution in [0.4, 0.5) is 4.39 Å². The van der Waals surface area contributed by atoms with E-state index in [-0.39, 0.29) is 29.7 Å². The van der Waals surface area contributed by atoms with E-state index in [1.807, 2.05) is 4.90 Å². The van der Waals surface area contributed by atoms with Crippen LogP contribution in [-0.4, -0.2) is 42.1 Å². The Morgan fingerprint density at radius 1 is 1.38 bits per heavy atom. The maximum absolute atomic E-state index is 13.7. The monoisotopic (exact) mass is 332 g/mol. The van der Waals surface area contributed by atoms with E-state index in [4.69, 9.17) is 4.74 Å². The lowest BCUT2D eigenvalue weighted by molar-refractivity contribution is -0.140. The number of amides is 1. The zero-order valence-electron chi connectivity index (χ0n) is 14.1. The summed E-state index contributed by atoms with van der Waals surface area (Å²) in [6, 6.07) is 7.41. The molecule has 4 rings (SSSR count). The highest BCUT2D eigenvalue weighted by atomic mass is 19.1. The molecule has 2 aliphatic heterocycles. The Morgan fingerprint density at radius 2 is 2.17 bits per heavy atom. The SMILES string of the molecule is C[C@@]12C[C@H]3CN(C(=O)COc4ccccc4F)[C@@H]1CCCC[C@@H]2N3. The number of fused-ring (bicyclic) bond motifs is 1. The van der Waals surface area contributed by atoms with Gasteiger partial charge in [-0.05, 0) is 31.4 Å². The number of benzene rings is 1. The van der Waals surface area contributed by atoms with Gasteiger partial charge < -0.3 is 15.0 Å². The van der Waals surface area contributed by atoms with Crippen molar-refractivity contribution in [2.75, 3.05) is 13.2 Å². The zero-order chi connectivity index (χ0) is 16.7. The van der Waals surface area contributed by atoms with Crippen molar-refractivity contribution in [3.05, 3.63) is 30.1 Å². The maximum atomic E-state index is 13.7. The van der Waals surface area contributed by atoms with Gasteiger partial charge in [-0.25, -0.2) is 4.39 Å². The van der Waals surface area contributed by atoms with Gasteiger partial charge in [0.25, 0.3) is 5.91 Å². The summed E-state index contributed by atoms with van der Waals surface area (Å²) in [4.78, 5) is 14.8. The quantitative estimate of drug-likeness (QED) is 0.925. The summed E-state index contributed by atoms with van der Waals surface area (Å²) in [5, 5.41) is 3.74. The lowest BCUT2D eigenvalue weighted by atomic mass is 9.71. The molecule has 3 fully saturated rings. The second-order valence-corrected chi connectivity index (χ2v) is 7.69. The number of carbonyl (C=O) groups excluding carboxylic acids is 1. The molecule has 3 aliphatic rings. The van der Waals surface area contributed by atoms with E-state index in [2.05, 4.69) is 12.2 Å². The van der Waals surface area contributed by atoms with Gasteiger partial charge in [-0.15, -0.1) is 0 Å². The summed E-state index contributed by atoms with van der Waals surface area (Å²) in [5.74, 6) is -0.301. The second kappa shape index (κ2) is 6.03. The fourth-order valence-electron chi connectivity index (χ4n) is 5.06. The average molecular weight is 332 g/mol. The largest absolute Gasteiger partial charge is 0.481 e. The summed E-state index contributed by atoms with van der Waals surface area (Å²) in [6.07, 6.45) is 5.82. The van der Waals surface area contributed by atoms with E-state index < -0.39 is 5.82 Å². The van der Waals surface area contributed by atoms with Crippen molar-refractivity contribution in [2.45, 2.75) is 57.2 Å². The van der Waals surface area contributed by atoms with Gasteiger partial charge in [-0.2, -0.15) is 0 Å². The van der Waals surface area contributed by atoms with Crippen molar-refractivity contribution in [2.24, 2.45) is 5.41 Å². The molecule has 4 nitrogen and oxygen atoms in total. The number of nitrogens with one attached hydrogen (secondary N) is 1. The first kappa shape index (κ1) is 15.9. The first-order chi connectivity index (χ1) is 11.6. The molecule has 0 aromatic heterocycles. The van der Waals surface area contributed by atoms with E-state index in [0.717, 1.165) is 19.4 Å². The van der Waals surface area contributed by atoms with Crippen LogP contribution in [0.5, 0.6) is 5.75 Å². The first-order valence-electron chi connectivity index (χ1n) is 9.01. The Morgan fingerprint density at radius 3 is 3.00 bits per heavy atom. The van der Waals surface area contributed by atoms with E-state index in [1.54, 1.807) is 18.2 Å². The molecular weight excluding hydrogens is 307 g/mol.